The Kier molecular flexibility index (Phi) is 10.2. The van der Waals surface area contributed by atoms with E-state index in [1.165, 1.54) is 19.4 Å². The van der Waals surface area contributed by atoms with E-state index >= 15 is 0 Å². The number of sulfonamides is 1. The summed E-state index contributed by atoms with van der Waals surface area (Å²) in [5.41, 5.74) is 2.00. The monoisotopic (exact) mass is 736 g/mol. The number of hydrogen-bond donors (Lipinski definition) is 1. The summed E-state index contributed by atoms with van der Waals surface area (Å²) in [4.78, 5) is 36.7. The summed E-state index contributed by atoms with van der Waals surface area (Å²) in [6.07, 6.45) is 10.6. The summed E-state index contributed by atoms with van der Waals surface area (Å²) < 4.78 is 40.6. The molecule has 1 saturated carbocycles. The number of ether oxygens (including phenoxy) is 2. The normalized spacial score (nSPS) is 20.2. The van der Waals surface area contributed by atoms with Crippen LogP contribution in [-0.4, -0.2) is 126 Å². The van der Waals surface area contributed by atoms with Crippen molar-refractivity contribution in [1.82, 2.24) is 34.6 Å². The number of nitrogens with one attached hydrogen (secondary N) is 1. The maximum absolute atomic E-state index is 13.1. The van der Waals surface area contributed by atoms with E-state index in [1.54, 1.807) is 6.07 Å². The maximum Gasteiger partial charge on any atom is 0.349 e. The van der Waals surface area contributed by atoms with Crippen LogP contribution in [0.4, 0.5) is 29.0 Å². The van der Waals surface area contributed by atoms with Crippen LogP contribution >= 0.6 is 0 Å². The molecular formula is C33H44N12O6S. The quantitative estimate of drug-likeness (QED) is 0.174. The standard InChI is InChI=1S/C33H44N12O6S/c1-40-8-10-42(11-9-40)26-20-35-33(36-21-26)38-24-4-6-27(7-5-24)51-31-28-16-25(19-34-29(28)17-30(39-31)43-12-14-50-15-13-43)44(52(3,48)49)22-23-18-37-41(2)32(23)45(46)47/h16-21,24,27H,4-15,22H2,1-3H3,(H,35,36,38). The van der Waals surface area contributed by atoms with Gasteiger partial charge in [0.15, 0.2) is 0 Å². The van der Waals surface area contributed by atoms with Gasteiger partial charge in [-0.2, -0.15) is 4.98 Å². The van der Waals surface area contributed by atoms with Gasteiger partial charge in [0, 0.05) is 51.4 Å². The minimum atomic E-state index is -3.90. The molecule has 0 atom stereocenters. The molecule has 0 spiro atoms. The Morgan fingerprint density at radius 2 is 1.67 bits per heavy atom. The second-order valence-electron chi connectivity index (χ2n) is 13.6. The Bertz CT molecular complexity index is 1990. The molecule has 3 fully saturated rings. The van der Waals surface area contributed by atoms with Gasteiger partial charge in [-0.3, -0.25) is 9.29 Å². The van der Waals surface area contributed by atoms with Crippen molar-refractivity contribution in [3.63, 3.8) is 0 Å². The molecule has 0 amide bonds. The lowest BCUT2D eigenvalue weighted by Gasteiger charge is -2.33. The summed E-state index contributed by atoms with van der Waals surface area (Å²) in [5.74, 6) is 1.37. The van der Waals surface area contributed by atoms with E-state index in [-0.39, 0.29) is 35.8 Å². The molecule has 0 unspecified atom stereocenters. The average molecular weight is 737 g/mol. The van der Waals surface area contributed by atoms with E-state index < -0.39 is 14.9 Å². The van der Waals surface area contributed by atoms with Crippen LogP contribution in [0.5, 0.6) is 5.88 Å². The van der Waals surface area contributed by atoms with Gasteiger partial charge < -0.3 is 39.6 Å². The fourth-order valence-corrected chi connectivity index (χ4v) is 7.77. The van der Waals surface area contributed by atoms with E-state index in [2.05, 4.69) is 47.1 Å². The minimum absolute atomic E-state index is 0.137. The first-order chi connectivity index (χ1) is 25.0. The molecule has 0 bridgehead atoms. The highest BCUT2D eigenvalue weighted by molar-refractivity contribution is 7.92. The number of rotatable bonds is 11. The number of pyridine rings is 2. The molecule has 52 heavy (non-hydrogen) atoms. The molecule has 2 aliphatic heterocycles. The third-order valence-corrected chi connectivity index (χ3v) is 11.0. The summed E-state index contributed by atoms with van der Waals surface area (Å²) in [6, 6.07) is 3.73. The van der Waals surface area contributed by atoms with Gasteiger partial charge in [-0.15, -0.1) is 4.68 Å². The second kappa shape index (κ2) is 15.0. The van der Waals surface area contributed by atoms with Crippen LogP contribution in [-0.2, 0) is 28.4 Å². The van der Waals surface area contributed by atoms with Crippen molar-refractivity contribution in [2.24, 2.45) is 7.05 Å². The summed E-state index contributed by atoms with van der Waals surface area (Å²) in [7, 11) is -0.324. The van der Waals surface area contributed by atoms with Crippen molar-refractivity contribution in [3.8, 4) is 5.88 Å². The molecule has 0 aromatic carbocycles. The number of aryl methyl sites for hydroxylation is 1. The van der Waals surface area contributed by atoms with E-state index in [0.29, 0.717) is 54.9 Å². The smallest absolute Gasteiger partial charge is 0.349 e. The van der Waals surface area contributed by atoms with Gasteiger partial charge in [0.1, 0.15) is 19.0 Å². The van der Waals surface area contributed by atoms with Crippen LogP contribution in [0.1, 0.15) is 31.2 Å². The first kappa shape index (κ1) is 35.5. The number of aromatic nitrogens is 6. The Balaban J connectivity index is 1.10. The zero-order chi connectivity index (χ0) is 36.4. The molecule has 1 aliphatic carbocycles. The predicted octanol–water partition coefficient (Wildman–Crippen LogP) is 2.42. The highest BCUT2D eigenvalue weighted by Gasteiger charge is 2.29. The number of nitrogens with zero attached hydrogens (tertiary/aromatic N) is 11. The summed E-state index contributed by atoms with van der Waals surface area (Å²) in [6.45, 7) is 6.13. The number of nitro groups is 1. The van der Waals surface area contributed by atoms with Crippen LogP contribution in [0.25, 0.3) is 10.9 Å². The molecule has 7 rings (SSSR count). The largest absolute Gasteiger partial charge is 0.474 e. The van der Waals surface area contributed by atoms with Gasteiger partial charge in [0.25, 0.3) is 0 Å². The van der Waals surface area contributed by atoms with Crippen molar-refractivity contribution in [2.45, 2.75) is 44.4 Å². The molecule has 19 heteroatoms. The van der Waals surface area contributed by atoms with Crippen molar-refractivity contribution in [2.75, 3.05) is 85.2 Å². The second-order valence-corrected chi connectivity index (χ2v) is 15.5. The van der Waals surface area contributed by atoms with Crippen LogP contribution in [0.3, 0.4) is 0 Å². The van der Waals surface area contributed by atoms with E-state index in [9.17, 15) is 18.5 Å². The van der Waals surface area contributed by atoms with Gasteiger partial charge >= 0.3 is 5.82 Å². The van der Waals surface area contributed by atoms with Crippen LogP contribution in [0.2, 0.25) is 0 Å². The number of anilines is 4. The lowest BCUT2D eigenvalue weighted by molar-refractivity contribution is -0.393. The van der Waals surface area contributed by atoms with Crippen molar-refractivity contribution < 1.29 is 22.8 Å². The van der Waals surface area contributed by atoms with Crippen molar-refractivity contribution >= 4 is 49.9 Å². The molecule has 278 valence electrons. The molecule has 1 N–H and O–H groups in total. The Morgan fingerprint density at radius 1 is 0.962 bits per heavy atom. The third kappa shape index (κ3) is 7.95. The van der Waals surface area contributed by atoms with Crippen molar-refractivity contribution in [3.05, 3.63) is 52.6 Å². The summed E-state index contributed by atoms with van der Waals surface area (Å²) in [5, 5.41) is 19.8. The lowest BCUT2D eigenvalue weighted by Crippen LogP contribution is -2.44. The fourth-order valence-electron chi connectivity index (χ4n) is 6.92. The first-order valence-corrected chi connectivity index (χ1v) is 19.3. The Labute approximate surface area is 301 Å². The molecule has 18 nitrogen and oxygen atoms in total. The maximum atomic E-state index is 13.1. The van der Waals surface area contributed by atoms with Gasteiger partial charge in [-0.1, -0.05) is 5.10 Å². The minimum Gasteiger partial charge on any atom is -0.474 e. The van der Waals surface area contributed by atoms with E-state index in [4.69, 9.17) is 14.5 Å². The molecule has 4 aromatic rings. The first-order valence-electron chi connectivity index (χ1n) is 17.5. The fraction of sp³-hybridized carbons (Fsp3) is 0.545. The zero-order valence-corrected chi connectivity index (χ0v) is 30.4. The van der Waals surface area contributed by atoms with Gasteiger partial charge in [-0.25, -0.2) is 18.4 Å². The third-order valence-electron chi connectivity index (χ3n) is 9.90. The highest BCUT2D eigenvalue weighted by Crippen LogP contribution is 2.35. The van der Waals surface area contributed by atoms with E-state index in [1.807, 2.05) is 18.5 Å². The molecule has 3 aliphatic rings. The summed E-state index contributed by atoms with van der Waals surface area (Å²) >= 11 is 0. The zero-order valence-electron chi connectivity index (χ0n) is 29.6. The molecule has 0 radical (unpaired) electrons. The predicted molar refractivity (Wildman–Crippen MR) is 195 cm³/mol. The molecule has 6 heterocycles. The number of morpholine rings is 1. The Hall–Kier alpha value is -4.88. The number of hydrogen-bond acceptors (Lipinski definition) is 15. The average Bonchev–Trinajstić information content (AvgIpc) is 3.52. The number of likely N-dealkylation sites (N-methyl/N-ethyl adjacent to an activating group) is 1. The number of piperazine rings is 1. The van der Waals surface area contributed by atoms with Gasteiger partial charge in [0.05, 0.1) is 78.6 Å². The number of fused-ring (bicyclic) bond motifs is 1. The highest BCUT2D eigenvalue weighted by atomic mass is 32.2. The van der Waals surface area contributed by atoms with E-state index in [0.717, 1.165) is 72.8 Å². The van der Waals surface area contributed by atoms with Crippen LogP contribution in [0.15, 0.2) is 36.9 Å². The molecule has 4 aromatic heterocycles. The molecule has 2 saturated heterocycles. The Morgan fingerprint density at radius 3 is 2.35 bits per heavy atom. The SMILES string of the molecule is CN1CCN(c2cnc(NC3CCC(Oc4nc(N5CCOCC5)cc5ncc(N(Cc6cnn(C)c6[N+](=O)[O-])S(C)(=O)=O)cc45)CC3)nc2)CC1. The lowest BCUT2D eigenvalue weighted by atomic mass is 9.93. The van der Waals surface area contributed by atoms with Gasteiger partial charge in [0.2, 0.25) is 21.9 Å². The van der Waals surface area contributed by atoms with Gasteiger partial charge in [-0.05, 0) is 43.7 Å². The van der Waals surface area contributed by atoms with Crippen LogP contribution < -0.4 is 24.2 Å². The molecular weight excluding hydrogens is 693 g/mol. The van der Waals surface area contributed by atoms with Crippen molar-refractivity contribution in [1.29, 1.82) is 0 Å². The van der Waals surface area contributed by atoms with Crippen LogP contribution in [0, 0.1) is 10.1 Å². The topological polar surface area (TPSA) is 190 Å².